The van der Waals surface area contributed by atoms with Gasteiger partial charge < -0.3 is 13.9 Å². The highest BCUT2D eigenvalue weighted by Crippen LogP contribution is 2.27. The molecule has 4 aromatic rings. The number of benzene rings is 1. The lowest BCUT2D eigenvalue weighted by Crippen LogP contribution is -2.36. The van der Waals surface area contributed by atoms with E-state index in [0.717, 1.165) is 22.8 Å². The number of rotatable bonds is 2. The molecular formula is C21H19N5O2. The van der Waals surface area contributed by atoms with Gasteiger partial charge in [-0.25, -0.2) is 15.0 Å². The van der Waals surface area contributed by atoms with Gasteiger partial charge in [-0.05, 0) is 25.1 Å². The Morgan fingerprint density at radius 3 is 2.79 bits per heavy atom. The molecule has 0 fully saturated rings. The highest BCUT2D eigenvalue weighted by molar-refractivity contribution is 6.04. The minimum Gasteiger partial charge on any atom is -0.441 e. The Hall–Kier alpha value is -3.48. The molecule has 3 aromatic heterocycles. The average Bonchev–Trinajstić information content (AvgIpc) is 3.28. The van der Waals surface area contributed by atoms with E-state index in [4.69, 9.17) is 4.42 Å². The van der Waals surface area contributed by atoms with Crippen LogP contribution in [0.15, 0.2) is 47.0 Å². The van der Waals surface area contributed by atoms with Gasteiger partial charge in [0, 0.05) is 31.8 Å². The Morgan fingerprint density at radius 1 is 1.14 bits per heavy atom. The molecule has 0 spiro atoms. The fraction of sp³-hybridized carbons (Fsp3) is 0.238. The van der Waals surface area contributed by atoms with Crippen LogP contribution in [0.25, 0.3) is 22.6 Å². The molecule has 0 aliphatic carbocycles. The summed E-state index contributed by atoms with van der Waals surface area (Å²) >= 11 is 0. The van der Waals surface area contributed by atoms with Gasteiger partial charge in [0.15, 0.2) is 5.65 Å². The number of fused-ring (bicyclic) bond motifs is 2. The zero-order valence-electron chi connectivity index (χ0n) is 15.7. The lowest BCUT2D eigenvalue weighted by Gasteiger charge is -2.25. The van der Waals surface area contributed by atoms with Crippen molar-refractivity contribution in [1.82, 2.24) is 24.4 Å². The van der Waals surface area contributed by atoms with Gasteiger partial charge in [0.2, 0.25) is 5.89 Å². The first-order valence-corrected chi connectivity index (χ1v) is 9.23. The zero-order chi connectivity index (χ0) is 19.3. The van der Waals surface area contributed by atoms with Crippen LogP contribution < -0.4 is 0 Å². The molecule has 0 atom stereocenters. The van der Waals surface area contributed by atoms with Gasteiger partial charge in [-0.1, -0.05) is 18.2 Å². The van der Waals surface area contributed by atoms with Gasteiger partial charge >= 0.3 is 0 Å². The summed E-state index contributed by atoms with van der Waals surface area (Å²) in [5.74, 6) is 2.23. The van der Waals surface area contributed by atoms with E-state index in [1.54, 1.807) is 17.2 Å². The van der Waals surface area contributed by atoms with Crippen molar-refractivity contribution in [2.75, 3.05) is 6.54 Å². The third-order valence-corrected chi connectivity index (χ3v) is 5.25. The van der Waals surface area contributed by atoms with Crippen LogP contribution in [0, 0.1) is 6.92 Å². The van der Waals surface area contributed by atoms with Crippen molar-refractivity contribution in [3.63, 3.8) is 0 Å². The van der Waals surface area contributed by atoms with E-state index in [1.807, 2.05) is 48.9 Å². The lowest BCUT2D eigenvalue weighted by atomic mass is 10.1. The first-order valence-electron chi connectivity index (χ1n) is 9.23. The number of nitrogens with zero attached hydrogens (tertiary/aromatic N) is 5. The molecule has 1 aromatic carbocycles. The number of aromatic nitrogens is 4. The van der Waals surface area contributed by atoms with Gasteiger partial charge in [-0.15, -0.1) is 0 Å². The van der Waals surface area contributed by atoms with Crippen molar-refractivity contribution >= 4 is 17.1 Å². The number of oxazole rings is 1. The van der Waals surface area contributed by atoms with E-state index < -0.39 is 0 Å². The SMILES string of the molecule is Cc1nc2c(C(=O)N3CCc4oc(-c5ccccc5)nc4C3)ccnc2n1C. The first kappa shape index (κ1) is 16.7. The van der Waals surface area contributed by atoms with Gasteiger partial charge in [0.05, 0.1) is 12.1 Å². The zero-order valence-corrected chi connectivity index (χ0v) is 15.7. The van der Waals surface area contributed by atoms with Crippen LogP contribution >= 0.6 is 0 Å². The van der Waals surface area contributed by atoms with Crippen molar-refractivity contribution in [2.24, 2.45) is 7.05 Å². The average molecular weight is 373 g/mol. The quantitative estimate of drug-likeness (QED) is 0.539. The van der Waals surface area contributed by atoms with Crippen LogP contribution in [0.5, 0.6) is 0 Å². The molecule has 0 radical (unpaired) electrons. The second kappa shape index (κ2) is 6.30. The molecule has 5 rings (SSSR count). The molecule has 7 heteroatoms. The highest BCUT2D eigenvalue weighted by atomic mass is 16.4. The van der Waals surface area contributed by atoms with Gasteiger partial charge in [0.1, 0.15) is 22.8 Å². The maximum Gasteiger partial charge on any atom is 0.256 e. The number of aryl methyl sites for hydroxylation is 2. The van der Waals surface area contributed by atoms with Crippen molar-refractivity contribution in [3.8, 4) is 11.5 Å². The molecule has 7 nitrogen and oxygen atoms in total. The minimum atomic E-state index is -0.0552. The maximum absolute atomic E-state index is 13.2. The second-order valence-electron chi connectivity index (χ2n) is 6.98. The summed E-state index contributed by atoms with van der Waals surface area (Å²) in [4.78, 5) is 28.6. The predicted molar refractivity (Wildman–Crippen MR) is 104 cm³/mol. The smallest absolute Gasteiger partial charge is 0.256 e. The van der Waals surface area contributed by atoms with E-state index in [1.165, 1.54) is 0 Å². The lowest BCUT2D eigenvalue weighted by molar-refractivity contribution is 0.0729. The summed E-state index contributed by atoms with van der Waals surface area (Å²) in [6.45, 7) is 2.93. The monoisotopic (exact) mass is 373 g/mol. The van der Waals surface area contributed by atoms with E-state index in [9.17, 15) is 4.79 Å². The molecule has 0 unspecified atom stereocenters. The van der Waals surface area contributed by atoms with Crippen molar-refractivity contribution in [2.45, 2.75) is 19.9 Å². The summed E-state index contributed by atoms with van der Waals surface area (Å²) in [5.41, 5.74) is 3.69. The van der Waals surface area contributed by atoms with E-state index in [2.05, 4.69) is 15.0 Å². The van der Waals surface area contributed by atoms with Crippen LogP contribution in [0.1, 0.15) is 27.6 Å². The fourth-order valence-corrected chi connectivity index (χ4v) is 3.61. The molecule has 0 bridgehead atoms. The number of amides is 1. The number of carbonyl (C=O) groups is 1. The molecule has 140 valence electrons. The van der Waals surface area contributed by atoms with Crippen molar-refractivity contribution in [3.05, 3.63) is 65.4 Å². The number of hydrogen-bond donors (Lipinski definition) is 0. The Kier molecular flexibility index (Phi) is 3.75. The number of carbonyl (C=O) groups excluding carboxylic acids is 1. The molecule has 4 heterocycles. The molecule has 1 aliphatic heterocycles. The standard InChI is InChI=1S/C21H19N5O2/c1-13-23-18-15(8-10-22-19(18)25(13)2)21(27)26-11-9-17-16(12-26)24-20(28-17)14-6-4-3-5-7-14/h3-8,10H,9,11-12H2,1-2H3. The van der Waals surface area contributed by atoms with Crippen LogP contribution in [-0.2, 0) is 20.0 Å². The summed E-state index contributed by atoms with van der Waals surface area (Å²) in [6.07, 6.45) is 2.31. The Labute approximate surface area is 161 Å². The van der Waals surface area contributed by atoms with Gasteiger partial charge in [-0.3, -0.25) is 4.79 Å². The summed E-state index contributed by atoms with van der Waals surface area (Å²) in [6, 6.07) is 11.6. The molecule has 1 aliphatic rings. The molecule has 0 saturated heterocycles. The number of hydrogen-bond acceptors (Lipinski definition) is 5. The molecule has 0 N–H and O–H groups in total. The number of imidazole rings is 1. The number of pyridine rings is 1. The maximum atomic E-state index is 13.2. The Morgan fingerprint density at radius 2 is 1.96 bits per heavy atom. The van der Waals surface area contributed by atoms with Crippen LogP contribution in [0.4, 0.5) is 0 Å². The topological polar surface area (TPSA) is 77.1 Å². The first-order chi connectivity index (χ1) is 13.6. The van der Waals surface area contributed by atoms with Crippen LogP contribution in [-0.4, -0.2) is 36.9 Å². The van der Waals surface area contributed by atoms with Crippen molar-refractivity contribution < 1.29 is 9.21 Å². The predicted octanol–water partition coefficient (Wildman–Crippen LogP) is 3.13. The third kappa shape index (κ3) is 2.58. The van der Waals surface area contributed by atoms with E-state index in [-0.39, 0.29) is 5.91 Å². The molecule has 28 heavy (non-hydrogen) atoms. The third-order valence-electron chi connectivity index (χ3n) is 5.25. The Balaban J connectivity index is 1.46. The molecule has 1 amide bonds. The molecule has 0 saturated carbocycles. The van der Waals surface area contributed by atoms with Gasteiger partial charge in [-0.2, -0.15) is 0 Å². The minimum absolute atomic E-state index is 0.0552. The molecular weight excluding hydrogens is 354 g/mol. The van der Waals surface area contributed by atoms with Crippen molar-refractivity contribution in [1.29, 1.82) is 0 Å². The summed E-state index contributed by atoms with van der Waals surface area (Å²) in [7, 11) is 1.90. The normalized spacial score (nSPS) is 13.7. The van der Waals surface area contributed by atoms with Crippen LogP contribution in [0.2, 0.25) is 0 Å². The van der Waals surface area contributed by atoms with E-state index in [0.29, 0.717) is 42.1 Å². The second-order valence-corrected chi connectivity index (χ2v) is 6.98. The summed E-state index contributed by atoms with van der Waals surface area (Å²) in [5, 5.41) is 0. The highest BCUT2D eigenvalue weighted by Gasteiger charge is 2.28. The van der Waals surface area contributed by atoms with Crippen LogP contribution in [0.3, 0.4) is 0 Å². The summed E-state index contributed by atoms with van der Waals surface area (Å²) < 4.78 is 7.83. The Bertz CT molecular complexity index is 1190. The van der Waals surface area contributed by atoms with Gasteiger partial charge in [0.25, 0.3) is 5.91 Å². The van der Waals surface area contributed by atoms with E-state index >= 15 is 0 Å². The fourth-order valence-electron chi connectivity index (χ4n) is 3.61. The largest absolute Gasteiger partial charge is 0.441 e.